The second-order valence-corrected chi connectivity index (χ2v) is 4.97. The van der Waals surface area contributed by atoms with Crippen molar-refractivity contribution in [2.45, 2.75) is 39.2 Å². The van der Waals surface area contributed by atoms with Crippen molar-refractivity contribution in [3.05, 3.63) is 32.6 Å². The number of nitrogens with zero attached hydrogens (tertiary/aromatic N) is 1. The molecule has 1 amide bonds. The van der Waals surface area contributed by atoms with Crippen LogP contribution in [0.1, 0.15) is 32.4 Å². The number of rotatable bonds is 7. The minimum atomic E-state index is -0.912. The first kappa shape index (κ1) is 16.7. The molecule has 0 aliphatic carbocycles. The summed E-state index contributed by atoms with van der Waals surface area (Å²) in [5.74, 6) is -1.18. The number of nitrogens with one attached hydrogen (secondary N) is 2. The summed E-state index contributed by atoms with van der Waals surface area (Å²) in [5, 5.41) is 8.62. The third-order valence-corrected chi connectivity index (χ3v) is 2.89. The number of aliphatic carboxylic acids is 1. The van der Waals surface area contributed by atoms with Crippen molar-refractivity contribution in [3.8, 4) is 0 Å². The summed E-state index contributed by atoms with van der Waals surface area (Å²) < 4.78 is 0. The lowest BCUT2D eigenvalue weighted by Crippen LogP contribution is -2.39. The van der Waals surface area contributed by atoms with E-state index in [1.165, 1.54) is 4.90 Å². The number of H-pyrrole nitrogens is 2. The van der Waals surface area contributed by atoms with E-state index in [4.69, 9.17) is 5.11 Å². The first-order valence-electron chi connectivity index (χ1n) is 6.63. The van der Waals surface area contributed by atoms with E-state index in [2.05, 4.69) is 4.98 Å². The molecule has 0 unspecified atom stereocenters. The number of carbonyl (C=O) groups is 2. The van der Waals surface area contributed by atoms with Crippen molar-refractivity contribution in [1.82, 2.24) is 14.9 Å². The minimum absolute atomic E-state index is 0.0155. The summed E-state index contributed by atoms with van der Waals surface area (Å²) in [7, 11) is 0. The maximum Gasteiger partial charge on any atom is 0.325 e. The van der Waals surface area contributed by atoms with Crippen LogP contribution in [-0.4, -0.2) is 44.4 Å². The molecule has 0 aliphatic heterocycles. The highest BCUT2D eigenvalue weighted by Crippen LogP contribution is 2.05. The van der Waals surface area contributed by atoms with Crippen LogP contribution in [0.4, 0.5) is 0 Å². The van der Waals surface area contributed by atoms with Gasteiger partial charge in [-0.1, -0.05) is 0 Å². The average Bonchev–Trinajstić information content (AvgIpc) is 2.32. The van der Waals surface area contributed by atoms with Gasteiger partial charge in [0.25, 0.3) is 5.56 Å². The second kappa shape index (κ2) is 7.41. The molecule has 0 aliphatic rings. The molecule has 1 aromatic rings. The van der Waals surface area contributed by atoms with Gasteiger partial charge in [0, 0.05) is 30.8 Å². The highest BCUT2D eigenvalue weighted by atomic mass is 16.4. The van der Waals surface area contributed by atoms with E-state index in [0.717, 1.165) is 6.07 Å². The minimum Gasteiger partial charge on any atom is -0.481 e. The molecule has 0 saturated carbocycles. The molecule has 0 atom stereocenters. The molecule has 1 rings (SSSR count). The Morgan fingerprint density at radius 3 is 2.48 bits per heavy atom. The fraction of sp³-hybridized carbons (Fsp3) is 0.538. The second-order valence-electron chi connectivity index (χ2n) is 4.97. The number of carboxylic acids is 1. The third-order valence-electron chi connectivity index (χ3n) is 2.89. The van der Waals surface area contributed by atoms with Crippen LogP contribution in [0.3, 0.4) is 0 Å². The molecule has 3 N–H and O–H groups in total. The van der Waals surface area contributed by atoms with Crippen LogP contribution in [0.2, 0.25) is 0 Å². The van der Waals surface area contributed by atoms with Crippen molar-refractivity contribution < 1.29 is 14.7 Å². The largest absolute Gasteiger partial charge is 0.481 e. The van der Waals surface area contributed by atoms with Crippen molar-refractivity contribution in [2.75, 3.05) is 6.54 Å². The first-order valence-corrected chi connectivity index (χ1v) is 6.63. The molecule has 8 nitrogen and oxygen atoms in total. The van der Waals surface area contributed by atoms with E-state index in [9.17, 15) is 19.2 Å². The van der Waals surface area contributed by atoms with Crippen molar-refractivity contribution in [2.24, 2.45) is 0 Å². The molecule has 1 heterocycles. The molecule has 116 valence electrons. The molecule has 0 fully saturated rings. The molecule has 0 spiro atoms. The molecule has 21 heavy (non-hydrogen) atoms. The van der Waals surface area contributed by atoms with Gasteiger partial charge in [0.1, 0.15) is 0 Å². The standard InChI is InChI=1S/C13H19N3O5/c1-8(2)16(5-3-4-12(19)20)11(18)7-9-6-10(17)15-13(21)14-9/h6,8H,3-5,7H2,1-2H3,(H,19,20)(H2,14,15,17,21). The normalized spacial score (nSPS) is 10.6. The summed E-state index contributed by atoms with van der Waals surface area (Å²) >= 11 is 0. The fourth-order valence-electron chi connectivity index (χ4n) is 1.95. The maximum absolute atomic E-state index is 12.2. The van der Waals surface area contributed by atoms with E-state index in [1.807, 2.05) is 18.8 Å². The number of hydrogen-bond acceptors (Lipinski definition) is 4. The van der Waals surface area contributed by atoms with Gasteiger partial charge in [-0.25, -0.2) is 4.79 Å². The van der Waals surface area contributed by atoms with Crippen LogP contribution in [0.5, 0.6) is 0 Å². The van der Waals surface area contributed by atoms with Crippen molar-refractivity contribution in [3.63, 3.8) is 0 Å². The quantitative estimate of drug-likeness (QED) is 0.638. The summed E-state index contributed by atoms with van der Waals surface area (Å²) in [5.41, 5.74) is -0.992. The Morgan fingerprint density at radius 2 is 1.95 bits per heavy atom. The lowest BCUT2D eigenvalue weighted by atomic mass is 10.2. The Balaban J connectivity index is 2.74. The first-order chi connectivity index (χ1) is 9.79. The monoisotopic (exact) mass is 297 g/mol. The molecular weight excluding hydrogens is 278 g/mol. The summed E-state index contributed by atoms with van der Waals surface area (Å²) in [4.78, 5) is 51.0. The van der Waals surface area contributed by atoms with Gasteiger partial charge in [-0.05, 0) is 20.3 Å². The molecule has 0 saturated heterocycles. The topological polar surface area (TPSA) is 123 Å². The van der Waals surface area contributed by atoms with Crippen LogP contribution in [0, 0.1) is 0 Å². The molecule has 8 heteroatoms. The van der Waals surface area contributed by atoms with Gasteiger partial charge >= 0.3 is 11.7 Å². The SMILES string of the molecule is CC(C)N(CCCC(=O)O)C(=O)Cc1cc(=O)[nH]c(=O)[nH]1. The Hall–Kier alpha value is -2.38. The number of hydrogen-bond donors (Lipinski definition) is 3. The summed E-state index contributed by atoms with van der Waals surface area (Å²) in [6, 6.07) is 1.06. The van der Waals surface area contributed by atoms with E-state index < -0.39 is 17.2 Å². The van der Waals surface area contributed by atoms with Gasteiger partial charge in [0.15, 0.2) is 0 Å². The predicted octanol–water partition coefficient (Wildman–Crippen LogP) is -0.292. The number of carbonyl (C=O) groups excluding carboxylic acids is 1. The third kappa shape index (κ3) is 5.64. The van der Waals surface area contributed by atoms with E-state index in [-0.39, 0.29) is 30.5 Å². The van der Waals surface area contributed by atoms with Gasteiger partial charge in [0.2, 0.25) is 5.91 Å². The zero-order chi connectivity index (χ0) is 16.0. The Labute approximate surface area is 120 Å². The molecule has 0 radical (unpaired) electrons. The number of aromatic amines is 2. The molecule has 0 bridgehead atoms. The summed E-state index contributed by atoms with van der Waals surface area (Å²) in [6.07, 6.45) is 0.230. The lowest BCUT2D eigenvalue weighted by molar-refractivity contribution is -0.138. The van der Waals surface area contributed by atoms with Gasteiger partial charge < -0.3 is 15.0 Å². The van der Waals surface area contributed by atoms with E-state index in [0.29, 0.717) is 13.0 Å². The Kier molecular flexibility index (Phi) is 5.89. The highest BCUT2D eigenvalue weighted by molar-refractivity contribution is 5.78. The van der Waals surface area contributed by atoms with Crippen LogP contribution in [0.15, 0.2) is 15.7 Å². The summed E-state index contributed by atoms with van der Waals surface area (Å²) in [6.45, 7) is 3.95. The van der Waals surface area contributed by atoms with Crippen LogP contribution in [0.25, 0.3) is 0 Å². The molecule has 0 aromatic carbocycles. The van der Waals surface area contributed by atoms with Gasteiger partial charge in [-0.15, -0.1) is 0 Å². The molecular formula is C13H19N3O5. The number of aromatic nitrogens is 2. The van der Waals surface area contributed by atoms with Crippen LogP contribution >= 0.6 is 0 Å². The predicted molar refractivity (Wildman–Crippen MR) is 75.1 cm³/mol. The van der Waals surface area contributed by atoms with E-state index in [1.54, 1.807) is 0 Å². The zero-order valence-electron chi connectivity index (χ0n) is 12.0. The zero-order valence-corrected chi connectivity index (χ0v) is 12.0. The highest BCUT2D eigenvalue weighted by Gasteiger charge is 2.18. The van der Waals surface area contributed by atoms with Crippen LogP contribution < -0.4 is 11.2 Å². The van der Waals surface area contributed by atoms with Gasteiger partial charge in [-0.2, -0.15) is 0 Å². The van der Waals surface area contributed by atoms with Crippen LogP contribution in [-0.2, 0) is 16.0 Å². The number of carboxylic acid groups (broad SMARTS) is 1. The van der Waals surface area contributed by atoms with Gasteiger partial charge in [-0.3, -0.25) is 19.4 Å². The Bertz CT molecular complexity index is 588. The fourth-order valence-corrected chi connectivity index (χ4v) is 1.95. The van der Waals surface area contributed by atoms with Crippen molar-refractivity contribution >= 4 is 11.9 Å². The number of amides is 1. The average molecular weight is 297 g/mol. The smallest absolute Gasteiger partial charge is 0.325 e. The van der Waals surface area contributed by atoms with E-state index >= 15 is 0 Å². The maximum atomic E-state index is 12.2. The lowest BCUT2D eigenvalue weighted by Gasteiger charge is -2.26. The Morgan fingerprint density at radius 1 is 1.29 bits per heavy atom. The van der Waals surface area contributed by atoms with Gasteiger partial charge in [0.05, 0.1) is 6.42 Å². The molecule has 1 aromatic heterocycles. The van der Waals surface area contributed by atoms with Crippen molar-refractivity contribution in [1.29, 1.82) is 0 Å².